The van der Waals surface area contributed by atoms with Crippen LogP contribution >= 0.6 is 0 Å². The van der Waals surface area contributed by atoms with Gasteiger partial charge in [0.1, 0.15) is 0 Å². The third-order valence-electron chi connectivity index (χ3n) is 3.65. The van der Waals surface area contributed by atoms with E-state index in [-0.39, 0.29) is 0 Å². The predicted octanol–water partition coefficient (Wildman–Crippen LogP) is 2.69. The second-order valence-corrected chi connectivity index (χ2v) is 5.43. The number of aromatic nitrogens is 2. The van der Waals surface area contributed by atoms with E-state index in [4.69, 9.17) is 0 Å². The molecular weight excluding hydrogens is 260 g/mol. The molecule has 0 radical (unpaired) electrons. The molecule has 0 fully saturated rings. The first-order chi connectivity index (χ1) is 10.3. The zero-order valence-corrected chi connectivity index (χ0v) is 13.1. The molecule has 2 rings (SSSR count). The van der Waals surface area contributed by atoms with Crippen molar-refractivity contribution in [2.75, 3.05) is 26.7 Å². The van der Waals surface area contributed by atoms with Crippen LogP contribution in [-0.2, 0) is 6.54 Å². The van der Waals surface area contributed by atoms with Gasteiger partial charge in [0.15, 0.2) is 0 Å². The van der Waals surface area contributed by atoms with Crippen LogP contribution in [0.25, 0.3) is 5.69 Å². The van der Waals surface area contributed by atoms with Crippen molar-refractivity contribution in [3.05, 3.63) is 48.5 Å². The second kappa shape index (κ2) is 8.60. The first kappa shape index (κ1) is 15.7. The van der Waals surface area contributed by atoms with Gasteiger partial charge in [-0.1, -0.05) is 31.5 Å². The highest BCUT2D eigenvalue weighted by atomic mass is 15.1. The molecule has 114 valence electrons. The van der Waals surface area contributed by atoms with Crippen LogP contribution in [0.3, 0.4) is 0 Å². The van der Waals surface area contributed by atoms with Crippen LogP contribution in [0.1, 0.15) is 25.3 Å². The van der Waals surface area contributed by atoms with Gasteiger partial charge in [-0.15, -0.1) is 0 Å². The summed E-state index contributed by atoms with van der Waals surface area (Å²) in [6, 6.07) is 8.46. The molecule has 0 aliphatic rings. The van der Waals surface area contributed by atoms with Gasteiger partial charge in [0.2, 0.25) is 0 Å². The molecule has 4 heteroatoms. The fraction of sp³-hybridized carbons (Fsp3) is 0.471. The molecular formula is C17H26N4. The molecule has 0 atom stereocenters. The van der Waals surface area contributed by atoms with Crippen LogP contribution in [0, 0.1) is 0 Å². The molecule has 0 saturated carbocycles. The van der Waals surface area contributed by atoms with Crippen molar-refractivity contribution in [2.24, 2.45) is 0 Å². The SMILES string of the molecule is CCCCN(C)CCNCc1ccccc1-n1ccnc1. The Bertz CT molecular complexity index is 507. The summed E-state index contributed by atoms with van der Waals surface area (Å²) in [4.78, 5) is 6.51. The molecule has 0 saturated heterocycles. The van der Waals surface area contributed by atoms with Crippen LogP contribution < -0.4 is 5.32 Å². The smallest absolute Gasteiger partial charge is 0.0991 e. The number of para-hydroxylation sites is 1. The molecule has 0 aliphatic heterocycles. The molecule has 4 nitrogen and oxygen atoms in total. The zero-order valence-electron chi connectivity index (χ0n) is 13.1. The van der Waals surface area contributed by atoms with Gasteiger partial charge in [0.05, 0.1) is 12.0 Å². The summed E-state index contributed by atoms with van der Waals surface area (Å²) in [5.74, 6) is 0. The van der Waals surface area contributed by atoms with E-state index in [1.807, 2.05) is 18.7 Å². The Balaban J connectivity index is 1.81. The van der Waals surface area contributed by atoms with Crippen LogP contribution in [0.15, 0.2) is 43.0 Å². The fourth-order valence-electron chi connectivity index (χ4n) is 2.35. The average Bonchev–Trinajstić information content (AvgIpc) is 3.04. The Morgan fingerprint density at radius 3 is 2.86 bits per heavy atom. The van der Waals surface area contributed by atoms with Crippen LogP contribution in [0.2, 0.25) is 0 Å². The van der Waals surface area contributed by atoms with Crippen LogP contribution in [-0.4, -0.2) is 41.1 Å². The Labute approximate surface area is 127 Å². The lowest BCUT2D eigenvalue weighted by Crippen LogP contribution is -2.29. The second-order valence-electron chi connectivity index (χ2n) is 5.43. The van der Waals surface area contributed by atoms with Gasteiger partial charge >= 0.3 is 0 Å². The van der Waals surface area contributed by atoms with Gasteiger partial charge in [0, 0.05) is 32.0 Å². The molecule has 1 aromatic carbocycles. The summed E-state index contributed by atoms with van der Waals surface area (Å²) in [5, 5.41) is 3.54. The van der Waals surface area contributed by atoms with E-state index in [0.29, 0.717) is 0 Å². The van der Waals surface area contributed by atoms with Crippen molar-refractivity contribution in [3.63, 3.8) is 0 Å². The maximum absolute atomic E-state index is 4.12. The highest BCUT2D eigenvalue weighted by Crippen LogP contribution is 2.13. The van der Waals surface area contributed by atoms with E-state index in [9.17, 15) is 0 Å². The fourth-order valence-corrected chi connectivity index (χ4v) is 2.35. The number of nitrogens with zero attached hydrogens (tertiary/aromatic N) is 3. The molecule has 21 heavy (non-hydrogen) atoms. The van der Waals surface area contributed by atoms with Crippen molar-refractivity contribution >= 4 is 0 Å². The summed E-state index contributed by atoms with van der Waals surface area (Å²) >= 11 is 0. The number of hydrogen-bond acceptors (Lipinski definition) is 3. The van der Waals surface area contributed by atoms with Crippen LogP contribution in [0.5, 0.6) is 0 Å². The van der Waals surface area contributed by atoms with Crippen LogP contribution in [0.4, 0.5) is 0 Å². The maximum Gasteiger partial charge on any atom is 0.0991 e. The Morgan fingerprint density at radius 2 is 2.10 bits per heavy atom. The molecule has 0 spiro atoms. The van der Waals surface area contributed by atoms with Crippen molar-refractivity contribution in [1.82, 2.24) is 19.8 Å². The van der Waals surface area contributed by atoms with Crippen molar-refractivity contribution in [2.45, 2.75) is 26.3 Å². The Kier molecular flexibility index (Phi) is 6.44. The lowest BCUT2D eigenvalue weighted by molar-refractivity contribution is 0.325. The Hall–Kier alpha value is -1.65. The molecule has 1 N–H and O–H groups in total. The largest absolute Gasteiger partial charge is 0.311 e. The van der Waals surface area contributed by atoms with E-state index in [1.165, 1.54) is 30.6 Å². The highest BCUT2D eigenvalue weighted by molar-refractivity contribution is 5.40. The van der Waals surface area contributed by atoms with Gasteiger partial charge in [-0.25, -0.2) is 4.98 Å². The third kappa shape index (κ3) is 4.99. The zero-order chi connectivity index (χ0) is 14.9. The lowest BCUT2D eigenvalue weighted by Gasteiger charge is -2.17. The number of rotatable bonds is 9. The van der Waals surface area contributed by atoms with Gasteiger partial charge < -0.3 is 14.8 Å². The number of likely N-dealkylation sites (N-methyl/N-ethyl adjacent to an activating group) is 1. The average molecular weight is 286 g/mol. The van der Waals surface area contributed by atoms with Gasteiger partial charge in [0.25, 0.3) is 0 Å². The summed E-state index contributed by atoms with van der Waals surface area (Å²) in [6.45, 7) is 6.41. The number of nitrogens with one attached hydrogen (secondary N) is 1. The highest BCUT2D eigenvalue weighted by Gasteiger charge is 2.03. The maximum atomic E-state index is 4.12. The first-order valence-electron chi connectivity index (χ1n) is 7.76. The molecule has 0 unspecified atom stereocenters. The van der Waals surface area contributed by atoms with E-state index < -0.39 is 0 Å². The topological polar surface area (TPSA) is 33.1 Å². The van der Waals surface area contributed by atoms with Crippen molar-refractivity contribution in [1.29, 1.82) is 0 Å². The summed E-state index contributed by atoms with van der Waals surface area (Å²) in [5.41, 5.74) is 2.49. The minimum Gasteiger partial charge on any atom is -0.311 e. The summed E-state index contributed by atoms with van der Waals surface area (Å²) < 4.78 is 2.06. The lowest BCUT2D eigenvalue weighted by atomic mass is 10.1. The molecule has 0 aliphatic carbocycles. The predicted molar refractivity (Wildman–Crippen MR) is 87.7 cm³/mol. The van der Waals surface area contributed by atoms with E-state index in [0.717, 1.165) is 19.6 Å². The number of unbranched alkanes of at least 4 members (excludes halogenated alkanes) is 1. The van der Waals surface area contributed by atoms with Gasteiger partial charge in [-0.05, 0) is 31.6 Å². The normalized spacial score (nSPS) is 11.2. The quantitative estimate of drug-likeness (QED) is 0.720. The van der Waals surface area contributed by atoms with Gasteiger partial charge in [-0.2, -0.15) is 0 Å². The standard InChI is InChI=1S/C17H26N4/c1-3-4-11-20(2)12-9-18-14-16-7-5-6-8-17(16)21-13-10-19-15-21/h5-8,10,13,15,18H,3-4,9,11-12,14H2,1-2H3. The van der Waals surface area contributed by atoms with E-state index in [2.05, 4.69) is 58.0 Å². The molecule has 1 heterocycles. The molecule has 1 aromatic heterocycles. The van der Waals surface area contributed by atoms with Gasteiger partial charge in [-0.3, -0.25) is 0 Å². The number of hydrogen-bond donors (Lipinski definition) is 1. The van der Waals surface area contributed by atoms with Crippen molar-refractivity contribution in [3.8, 4) is 5.69 Å². The summed E-state index contributed by atoms with van der Waals surface area (Å²) in [6.07, 6.45) is 8.18. The minimum absolute atomic E-state index is 0.885. The monoisotopic (exact) mass is 286 g/mol. The molecule has 0 amide bonds. The first-order valence-corrected chi connectivity index (χ1v) is 7.76. The third-order valence-corrected chi connectivity index (χ3v) is 3.65. The minimum atomic E-state index is 0.885. The van der Waals surface area contributed by atoms with E-state index >= 15 is 0 Å². The summed E-state index contributed by atoms with van der Waals surface area (Å²) in [7, 11) is 2.19. The molecule has 2 aromatic rings. The Morgan fingerprint density at radius 1 is 1.24 bits per heavy atom. The number of benzene rings is 1. The number of imidazole rings is 1. The van der Waals surface area contributed by atoms with E-state index in [1.54, 1.807) is 0 Å². The van der Waals surface area contributed by atoms with Crippen molar-refractivity contribution < 1.29 is 0 Å². The molecule has 0 bridgehead atoms.